The van der Waals surface area contributed by atoms with Gasteiger partial charge in [-0.25, -0.2) is 0 Å². The van der Waals surface area contributed by atoms with Crippen LogP contribution in [0.2, 0.25) is 0 Å². The Labute approximate surface area is 152 Å². The second-order valence-corrected chi connectivity index (χ2v) is 6.87. The van der Waals surface area contributed by atoms with E-state index in [2.05, 4.69) is 52.8 Å². The Balaban J connectivity index is 1.91. The molecule has 3 rings (SSSR count). The molecule has 0 atom stereocenters. The number of rotatable bonds is 6. The lowest BCUT2D eigenvalue weighted by Gasteiger charge is -2.09. The quantitative estimate of drug-likeness (QED) is 0.676. The Morgan fingerprint density at radius 3 is 2.48 bits per heavy atom. The van der Waals surface area contributed by atoms with Crippen LogP contribution in [0.3, 0.4) is 0 Å². The maximum Gasteiger partial charge on any atom is 0.230 e. The van der Waals surface area contributed by atoms with E-state index in [0.29, 0.717) is 12.3 Å². The maximum absolute atomic E-state index is 11.9. The number of thioether (sulfide) groups is 1. The maximum atomic E-state index is 11.9. The van der Waals surface area contributed by atoms with Gasteiger partial charge in [-0.05, 0) is 13.3 Å². The molecule has 128 valence electrons. The van der Waals surface area contributed by atoms with E-state index in [9.17, 15) is 4.79 Å². The lowest BCUT2D eigenvalue weighted by atomic mass is 10.0. The number of hydrogen-bond acceptors (Lipinski definition) is 4. The number of amides is 1. The van der Waals surface area contributed by atoms with Gasteiger partial charge in [0, 0.05) is 22.9 Å². The highest BCUT2D eigenvalue weighted by molar-refractivity contribution is 8.00. The summed E-state index contributed by atoms with van der Waals surface area (Å²) in [4.78, 5) is 11.9. The lowest BCUT2D eigenvalue weighted by Crippen LogP contribution is -2.25. The molecule has 0 bridgehead atoms. The first kappa shape index (κ1) is 17.4. The Kier molecular flexibility index (Phi) is 5.66. The molecule has 0 saturated heterocycles. The Bertz CT molecular complexity index is 878. The van der Waals surface area contributed by atoms with Crippen LogP contribution in [0.1, 0.15) is 18.9 Å². The minimum absolute atomic E-state index is 0.0281. The molecule has 4 nitrogen and oxygen atoms in total. The minimum Gasteiger partial charge on any atom is -0.355 e. The fraction of sp³-hybridized carbons (Fsp3) is 0.250. The normalized spacial score (nSPS) is 10.8. The van der Waals surface area contributed by atoms with Crippen molar-refractivity contribution in [2.45, 2.75) is 25.3 Å². The zero-order chi connectivity index (χ0) is 17.6. The number of carbonyl (C=O) groups excluding carboxylic acids is 1. The van der Waals surface area contributed by atoms with Crippen LogP contribution in [-0.4, -0.2) is 28.4 Å². The van der Waals surface area contributed by atoms with Crippen LogP contribution in [0.25, 0.3) is 22.0 Å². The van der Waals surface area contributed by atoms with E-state index in [1.807, 2.05) is 25.1 Å². The van der Waals surface area contributed by atoms with Crippen LogP contribution in [-0.2, 0) is 4.79 Å². The molecule has 25 heavy (non-hydrogen) atoms. The monoisotopic (exact) mass is 351 g/mol. The number of benzene rings is 2. The number of nitrogens with zero attached hydrogens (tertiary/aromatic N) is 2. The first-order valence-electron chi connectivity index (χ1n) is 8.41. The largest absolute Gasteiger partial charge is 0.355 e. The summed E-state index contributed by atoms with van der Waals surface area (Å²) in [6, 6.07) is 16.4. The van der Waals surface area contributed by atoms with E-state index in [0.717, 1.165) is 33.5 Å². The van der Waals surface area contributed by atoms with E-state index in [4.69, 9.17) is 0 Å². The smallest absolute Gasteiger partial charge is 0.230 e. The molecule has 1 amide bonds. The second-order valence-electron chi connectivity index (χ2n) is 5.90. The Hall–Kier alpha value is -2.40. The Morgan fingerprint density at radius 2 is 1.76 bits per heavy atom. The van der Waals surface area contributed by atoms with Crippen molar-refractivity contribution in [1.82, 2.24) is 15.5 Å². The molecule has 3 aromatic rings. The van der Waals surface area contributed by atoms with Crippen molar-refractivity contribution in [1.29, 1.82) is 0 Å². The van der Waals surface area contributed by atoms with Gasteiger partial charge in [-0.3, -0.25) is 4.79 Å². The molecule has 1 heterocycles. The molecule has 0 saturated carbocycles. The lowest BCUT2D eigenvalue weighted by molar-refractivity contribution is -0.118. The first-order valence-corrected chi connectivity index (χ1v) is 9.39. The third-order valence-electron chi connectivity index (χ3n) is 3.89. The van der Waals surface area contributed by atoms with Gasteiger partial charge in [-0.2, -0.15) is 0 Å². The molecule has 0 fully saturated rings. The average Bonchev–Trinajstić information content (AvgIpc) is 2.65. The zero-order valence-corrected chi connectivity index (χ0v) is 15.3. The van der Waals surface area contributed by atoms with Crippen LogP contribution < -0.4 is 5.32 Å². The molecule has 0 unspecified atom stereocenters. The van der Waals surface area contributed by atoms with E-state index in [1.165, 1.54) is 17.3 Å². The average molecular weight is 351 g/mol. The number of fused-ring (bicyclic) bond motifs is 1. The third-order valence-corrected chi connectivity index (χ3v) is 4.87. The third kappa shape index (κ3) is 4.17. The van der Waals surface area contributed by atoms with E-state index in [-0.39, 0.29) is 5.91 Å². The summed E-state index contributed by atoms with van der Waals surface area (Å²) in [7, 11) is 0. The molecule has 1 aromatic heterocycles. The molecule has 5 heteroatoms. The minimum atomic E-state index is 0.0281. The van der Waals surface area contributed by atoms with Gasteiger partial charge in [0.2, 0.25) is 5.91 Å². The zero-order valence-electron chi connectivity index (χ0n) is 14.5. The summed E-state index contributed by atoms with van der Waals surface area (Å²) in [6.45, 7) is 4.81. The number of aryl methyl sites for hydroxylation is 1. The summed E-state index contributed by atoms with van der Waals surface area (Å²) < 4.78 is 0. The van der Waals surface area contributed by atoms with Crippen molar-refractivity contribution < 1.29 is 4.79 Å². The van der Waals surface area contributed by atoms with Crippen molar-refractivity contribution in [2.75, 3.05) is 12.3 Å². The highest BCUT2D eigenvalue weighted by Gasteiger charge is 2.12. The van der Waals surface area contributed by atoms with Crippen molar-refractivity contribution in [2.24, 2.45) is 0 Å². The van der Waals surface area contributed by atoms with Crippen LogP contribution >= 0.6 is 11.8 Å². The number of aromatic nitrogens is 2. The summed E-state index contributed by atoms with van der Waals surface area (Å²) in [5.41, 5.74) is 3.13. The fourth-order valence-corrected chi connectivity index (χ4v) is 3.36. The van der Waals surface area contributed by atoms with Gasteiger partial charge in [0.05, 0.1) is 5.75 Å². The molecular formula is C20H21N3OS. The van der Waals surface area contributed by atoms with Crippen molar-refractivity contribution in [3.05, 3.63) is 54.1 Å². The summed E-state index contributed by atoms with van der Waals surface area (Å²) in [5.74, 6) is 0.378. The Morgan fingerprint density at radius 1 is 1.04 bits per heavy atom. The van der Waals surface area contributed by atoms with Crippen LogP contribution in [0.4, 0.5) is 0 Å². The SMILES string of the molecule is CCCNC(=O)CSc1nnc(-c2ccc(C)cc2)c2ccccc12. The second kappa shape index (κ2) is 8.12. The van der Waals surface area contributed by atoms with Gasteiger partial charge in [-0.1, -0.05) is 72.8 Å². The molecule has 0 spiro atoms. The van der Waals surface area contributed by atoms with Crippen molar-refractivity contribution in [3.63, 3.8) is 0 Å². The molecule has 0 aliphatic heterocycles. The summed E-state index contributed by atoms with van der Waals surface area (Å²) in [5, 5.41) is 14.6. The first-order chi connectivity index (χ1) is 12.2. The summed E-state index contributed by atoms with van der Waals surface area (Å²) in [6.07, 6.45) is 0.935. The predicted octanol–water partition coefficient (Wildman–Crippen LogP) is 4.22. The van der Waals surface area contributed by atoms with Crippen LogP contribution in [0.15, 0.2) is 53.6 Å². The molecular weight excluding hydrogens is 330 g/mol. The van der Waals surface area contributed by atoms with Gasteiger partial charge in [-0.15, -0.1) is 10.2 Å². The molecule has 0 aliphatic carbocycles. The molecule has 0 radical (unpaired) electrons. The number of carbonyl (C=O) groups is 1. The van der Waals surface area contributed by atoms with Gasteiger partial charge in [0.15, 0.2) is 0 Å². The van der Waals surface area contributed by atoms with E-state index < -0.39 is 0 Å². The fourth-order valence-electron chi connectivity index (χ4n) is 2.56. The van der Waals surface area contributed by atoms with Crippen molar-refractivity contribution >= 4 is 28.4 Å². The van der Waals surface area contributed by atoms with Gasteiger partial charge in [0.25, 0.3) is 0 Å². The van der Waals surface area contributed by atoms with Gasteiger partial charge < -0.3 is 5.32 Å². The topological polar surface area (TPSA) is 54.9 Å². The van der Waals surface area contributed by atoms with Gasteiger partial charge >= 0.3 is 0 Å². The van der Waals surface area contributed by atoms with Crippen LogP contribution in [0, 0.1) is 6.92 Å². The molecule has 0 aliphatic rings. The highest BCUT2D eigenvalue weighted by atomic mass is 32.2. The standard InChI is InChI=1S/C20H21N3OS/c1-3-12-21-18(24)13-25-20-17-7-5-4-6-16(17)19(22-23-20)15-10-8-14(2)9-11-15/h4-11H,3,12-13H2,1-2H3,(H,21,24). The predicted molar refractivity (Wildman–Crippen MR) is 104 cm³/mol. The molecule has 1 N–H and O–H groups in total. The van der Waals surface area contributed by atoms with E-state index in [1.54, 1.807) is 0 Å². The highest BCUT2D eigenvalue weighted by Crippen LogP contribution is 2.31. The molecule has 2 aromatic carbocycles. The number of nitrogens with one attached hydrogen (secondary N) is 1. The van der Waals surface area contributed by atoms with Gasteiger partial charge in [0.1, 0.15) is 10.7 Å². The van der Waals surface area contributed by atoms with Crippen LogP contribution in [0.5, 0.6) is 0 Å². The number of hydrogen-bond donors (Lipinski definition) is 1. The summed E-state index contributed by atoms with van der Waals surface area (Å²) >= 11 is 1.43. The van der Waals surface area contributed by atoms with Crippen molar-refractivity contribution in [3.8, 4) is 11.3 Å². The van der Waals surface area contributed by atoms with E-state index >= 15 is 0 Å².